The molecule has 0 saturated heterocycles. The minimum absolute atomic E-state index is 0.0478. The highest BCUT2D eigenvalue weighted by Crippen LogP contribution is 2.32. The van der Waals surface area contributed by atoms with E-state index >= 15 is 0 Å². The van der Waals surface area contributed by atoms with Crippen LogP contribution < -0.4 is 4.74 Å². The molecule has 0 bridgehead atoms. The van der Waals surface area contributed by atoms with Crippen LogP contribution in [-0.2, 0) is 11.3 Å². The summed E-state index contributed by atoms with van der Waals surface area (Å²) < 4.78 is 54.4. The molecule has 0 N–H and O–H groups in total. The van der Waals surface area contributed by atoms with Crippen molar-refractivity contribution < 1.29 is 27.4 Å². The fraction of sp³-hybridized carbons (Fsp3) is 0.138. The maximum Gasteiger partial charge on any atom is 0.343 e. The van der Waals surface area contributed by atoms with Crippen LogP contribution >= 0.6 is 0 Å². The zero-order valence-electron chi connectivity index (χ0n) is 19.3. The van der Waals surface area contributed by atoms with Crippen molar-refractivity contribution in [3.63, 3.8) is 0 Å². The van der Waals surface area contributed by atoms with Crippen LogP contribution in [0.2, 0.25) is 0 Å². The molecule has 0 saturated carbocycles. The molecule has 0 aliphatic rings. The van der Waals surface area contributed by atoms with Gasteiger partial charge in [0.2, 0.25) is 0 Å². The van der Waals surface area contributed by atoms with E-state index in [2.05, 4.69) is 0 Å². The Balaban J connectivity index is 1.50. The van der Waals surface area contributed by atoms with Crippen LogP contribution in [0.5, 0.6) is 5.75 Å². The molecular weight excluding hydrogens is 453 g/mol. The summed E-state index contributed by atoms with van der Waals surface area (Å²) in [6.07, 6.45) is 0. The molecule has 0 heterocycles. The first kappa shape index (κ1) is 24.2. The summed E-state index contributed by atoms with van der Waals surface area (Å²) in [5.41, 5.74) is 2.68. The average Bonchev–Trinajstić information content (AvgIpc) is 2.86. The molecule has 4 aromatic rings. The van der Waals surface area contributed by atoms with E-state index in [0.29, 0.717) is 23.3 Å². The van der Waals surface area contributed by atoms with Gasteiger partial charge < -0.3 is 9.47 Å². The topological polar surface area (TPSA) is 35.5 Å². The number of esters is 1. The molecule has 3 nitrogen and oxygen atoms in total. The van der Waals surface area contributed by atoms with Crippen LogP contribution in [0.15, 0.2) is 78.9 Å². The summed E-state index contributed by atoms with van der Waals surface area (Å²) in [4.78, 5) is 12.4. The van der Waals surface area contributed by atoms with Gasteiger partial charge in [-0.2, -0.15) is 0 Å². The van der Waals surface area contributed by atoms with Gasteiger partial charge in [-0.25, -0.2) is 18.0 Å². The van der Waals surface area contributed by atoms with E-state index in [4.69, 9.17) is 9.47 Å². The smallest absolute Gasteiger partial charge is 0.343 e. The predicted molar refractivity (Wildman–Crippen MR) is 129 cm³/mol. The van der Waals surface area contributed by atoms with Gasteiger partial charge in [0.25, 0.3) is 0 Å². The van der Waals surface area contributed by atoms with Crippen molar-refractivity contribution in [3.8, 4) is 28.0 Å². The standard InChI is InChI=1S/C29H23F3O3/c1-3-34-17-22-9-8-21(16-26(22)30)29(33)35-23-12-10-20(11-13-23)25-15-14-24(27(31)28(25)32)19-6-4-18(2)5-7-19/h4-16H,3,17H2,1-2H3. The van der Waals surface area contributed by atoms with Crippen molar-refractivity contribution in [1.82, 2.24) is 0 Å². The van der Waals surface area contributed by atoms with E-state index in [1.54, 1.807) is 19.1 Å². The van der Waals surface area contributed by atoms with Crippen LogP contribution in [0.3, 0.4) is 0 Å². The lowest BCUT2D eigenvalue weighted by atomic mass is 9.98. The predicted octanol–water partition coefficient (Wildman–Crippen LogP) is 7.50. The number of halogens is 3. The molecule has 0 aliphatic heterocycles. The Bertz CT molecular complexity index is 1350. The van der Waals surface area contributed by atoms with Crippen LogP contribution in [0.4, 0.5) is 13.2 Å². The van der Waals surface area contributed by atoms with Gasteiger partial charge >= 0.3 is 5.97 Å². The van der Waals surface area contributed by atoms with Crippen molar-refractivity contribution >= 4 is 5.97 Å². The second-order valence-electron chi connectivity index (χ2n) is 8.01. The monoisotopic (exact) mass is 476 g/mol. The molecule has 6 heteroatoms. The molecule has 4 rings (SSSR count). The van der Waals surface area contributed by atoms with Crippen molar-refractivity contribution in [2.45, 2.75) is 20.5 Å². The van der Waals surface area contributed by atoms with Crippen LogP contribution in [-0.4, -0.2) is 12.6 Å². The molecule has 0 aromatic heterocycles. The molecule has 0 amide bonds. The SMILES string of the molecule is CCOCc1ccc(C(=O)Oc2ccc(-c3ccc(-c4ccc(C)cc4)c(F)c3F)cc2)cc1F. The molecule has 178 valence electrons. The number of ether oxygens (including phenoxy) is 2. The van der Waals surface area contributed by atoms with Gasteiger partial charge in [-0.15, -0.1) is 0 Å². The Morgan fingerprint density at radius 2 is 1.34 bits per heavy atom. The highest BCUT2D eigenvalue weighted by atomic mass is 19.2. The zero-order chi connectivity index (χ0) is 24.9. The molecule has 0 atom stereocenters. The molecule has 0 unspecified atom stereocenters. The quantitative estimate of drug-likeness (QED) is 0.205. The summed E-state index contributed by atoms with van der Waals surface area (Å²) in [7, 11) is 0. The Hall–Kier alpha value is -3.90. The molecule has 0 fully saturated rings. The largest absolute Gasteiger partial charge is 0.423 e. The molecule has 0 aliphatic carbocycles. The third kappa shape index (κ3) is 5.44. The van der Waals surface area contributed by atoms with Gasteiger partial charge in [0.15, 0.2) is 11.6 Å². The number of hydrogen-bond acceptors (Lipinski definition) is 3. The summed E-state index contributed by atoms with van der Waals surface area (Å²) in [5.74, 6) is -3.00. The van der Waals surface area contributed by atoms with Crippen LogP contribution in [0, 0.1) is 24.4 Å². The summed E-state index contributed by atoms with van der Waals surface area (Å²) in [5, 5.41) is 0. The maximum atomic E-state index is 14.9. The maximum absolute atomic E-state index is 14.9. The first-order valence-electron chi connectivity index (χ1n) is 11.1. The van der Waals surface area contributed by atoms with Crippen molar-refractivity contribution in [2.75, 3.05) is 6.61 Å². The van der Waals surface area contributed by atoms with Crippen molar-refractivity contribution in [1.29, 1.82) is 0 Å². The van der Waals surface area contributed by atoms with E-state index in [1.165, 1.54) is 48.5 Å². The second kappa shape index (κ2) is 10.6. The van der Waals surface area contributed by atoms with Gasteiger partial charge in [0, 0.05) is 23.3 Å². The Morgan fingerprint density at radius 1 is 0.771 bits per heavy atom. The molecule has 0 spiro atoms. The van der Waals surface area contributed by atoms with E-state index < -0.39 is 23.4 Å². The number of carbonyl (C=O) groups is 1. The molecular formula is C29H23F3O3. The van der Waals surface area contributed by atoms with E-state index in [1.807, 2.05) is 19.1 Å². The third-order valence-electron chi connectivity index (χ3n) is 5.57. The zero-order valence-corrected chi connectivity index (χ0v) is 19.3. The van der Waals surface area contributed by atoms with Crippen molar-refractivity contribution in [3.05, 3.63) is 113 Å². The van der Waals surface area contributed by atoms with Gasteiger partial charge in [-0.1, -0.05) is 60.2 Å². The minimum Gasteiger partial charge on any atom is -0.423 e. The highest BCUT2D eigenvalue weighted by molar-refractivity contribution is 5.91. The molecule has 35 heavy (non-hydrogen) atoms. The number of hydrogen-bond donors (Lipinski definition) is 0. The van der Waals surface area contributed by atoms with E-state index in [9.17, 15) is 18.0 Å². The van der Waals surface area contributed by atoms with Gasteiger partial charge in [0.1, 0.15) is 11.6 Å². The number of rotatable bonds is 7. The van der Waals surface area contributed by atoms with Crippen LogP contribution in [0.25, 0.3) is 22.3 Å². The second-order valence-corrected chi connectivity index (χ2v) is 8.01. The number of aryl methyl sites for hydroxylation is 1. The van der Waals surface area contributed by atoms with Crippen molar-refractivity contribution in [2.24, 2.45) is 0 Å². The lowest BCUT2D eigenvalue weighted by molar-refractivity contribution is 0.0734. The number of carbonyl (C=O) groups excluding carboxylic acids is 1. The summed E-state index contributed by atoms with van der Waals surface area (Å²) in [6, 6.07) is 20.2. The minimum atomic E-state index is -0.963. The fourth-order valence-electron chi connectivity index (χ4n) is 3.60. The first-order valence-corrected chi connectivity index (χ1v) is 11.1. The molecule has 4 aromatic carbocycles. The lowest BCUT2D eigenvalue weighted by Gasteiger charge is -2.11. The first-order chi connectivity index (χ1) is 16.9. The highest BCUT2D eigenvalue weighted by Gasteiger charge is 2.17. The Morgan fingerprint density at radius 3 is 1.89 bits per heavy atom. The lowest BCUT2D eigenvalue weighted by Crippen LogP contribution is -2.09. The Labute approximate surface area is 201 Å². The average molecular weight is 476 g/mol. The molecule has 0 radical (unpaired) electrons. The van der Waals surface area contributed by atoms with Gasteiger partial charge in [-0.05, 0) is 49.2 Å². The van der Waals surface area contributed by atoms with E-state index in [-0.39, 0.29) is 29.0 Å². The van der Waals surface area contributed by atoms with Gasteiger partial charge in [0.05, 0.1) is 12.2 Å². The third-order valence-corrected chi connectivity index (χ3v) is 5.57. The Kier molecular flexibility index (Phi) is 7.32. The fourth-order valence-corrected chi connectivity index (χ4v) is 3.60. The number of benzene rings is 4. The van der Waals surface area contributed by atoms with Crippen LogP contribution in [0.1, 0.15) is 28.4 Å². The summed E-state index contributed by atoms with van der Waals surface area (Å²) in [6.45, 7) is 4.29. The normalized spacial score (nSPS) is 10.9. The van der Waals surface area contributed by atoms with Gasteiger partial charge in [-0.3, -0.25) is 0 Å². The summed E-state index contributed by atoms with van der Waals surface area (Å²) >= 11 is 0. The van der Waals surface area contributed by atoms with E-state index in [0.717, 1.165) is 11.6 Å².